The van der Waals surface area contributed by atoms with Gasteiger partial charge in [-0.3, -0.25) is 9.48 Å². The molecule has 2 atom stereocenters. The van der Waals surface area contributed by atoms with Crippen molar-refractivity contribution in [3.63, 3.8) is 0 Å². The SMILES string of the molecule is Cn1ncc(C(=O)N2CCCC3CCCCC32)c1-c1cccc(OC(F)(F)F)c1. The van der Waals surface area contributed by atoms with Crippen molar-refractivity contribution in [3.05, 3.63) is 36.0 Å². The Morgan fingerprint density at radius 3 is 2.72 bits per heavy atom. The van der Waals surface area contributed by atoms with E-state index in [-0.39, 0.29) is 17.7 Å². The molecule has 2 aliphatic rings. The van der Waals surface area contributed by atoms with Gasteiger partial charge in [-0.2, -0.15) is 5.10 Å². The molecule has 1 saturated heterocycles. The Hall–Kier alpha value is -2.51. The second-order valence-corrected chi connectivity index (χ2v) is 7.86. The van der Waals surface area contributed by atoms with E-state index in [0.717, 1.165) is 32.1 Å². The average Bonchev–Trinajstić information content (AvgIpc) is 3.07. The van der Waals surface area contributed by atoms with Gasteiger partial charge in [0.25, 0.3) is 5.91 Å². The largest absolute Gasteiger partial charge is 0.573 e. The standard InChI is InChI=1S/C21H24F3N3O2/c1-26-19(15-7-4-9-16(12-15)29-21(22,23)24)17(13-25-26)20(28)27-11-5-8-14-6-2-3-10-18(14)27/h4,7,9,12-14,18H,2-3,5-6,8,10-11H2,1H3. The third-order valence-corrected chi connectivity index (χ3v) is 6.01. The van der Waals surface area contributed by atoms with Crippen molar-refractivity contribution in [2.24, 2.45) is 13.0 Å². The number of fused-ring (bicyclic) bond motifs is 1. The first kappa shape index (κ1) is 19.8. The van der Waals surface area contributed by atoms with Gasteiger partial charge in [-0.1, -0.05) is 25.0 Å². The number of hydrogen-bond acceptors (Lipinski definition) is 3. The van der Waals surface area contributed by atoms with Crippen molar-refractivity contribution in [3.8, 4) is 17.0 Å². The molecular formula is C21H24F3N3O2. The molecule has 2 heterocycles. The van der Waals surface area contributed by atoms with Crippen molar-refractivity contribution in [1.29, 1.82) is 0 Å². The minimum Gasteiger partial charge on any atom is -0.406 e. The maximum atomic E-state index is 13.4. The first-order valence-electron chi connectivity index (χ1n) is 10.0. The number of likely N-dealkylation sites (tertiary alicyclic amines) is 1. The van der Waals surface area contributed by atoms with Crippen molar-refractivity contribution in [2.45, 2.75) is 50.9 Å². The van der Waals surface area contributed by atoms with Gasteiger partial charge >= 0.3 is 6.36 Å². The lowest BCUT2D eigenvalue weighted by molar-refractivity contribution is -0.274. The third-order valence-electron chi connectivity index (χ3n) is 6.01. The van der Waals surface area contributed by atoms with Crippen LogP contribution in [0.1, 0.15) is 48.9 Å². The summed E-state index contributed by atoms with van der Waals surface area (Å²) in [5.41, 5.74) is 1.38. The number of benzene rings is 1. The lowest BCUT2D eigenvalue weighted by Gasteiger charge is -2.44. The van der Waals surface area contributed by atoms with E-state index in [1.54, 1.807) is 13.1 Å². The van der Waals surface area contributed by atoms with Gasteiger partial charge in [0.2, 0.25) is 0 Å². The number of carbonyl (C=O) groups is 1. The number of nitrogens with zero attached hydrogens (tertiary/aromatic N) is 3. The van der Waals surface area contributed by atoms with Crippen LogP contribution in [0.3, 0.4) is 0 Å². The highest BCUT2D eigenvalue weighted by Crippen LogP contribution is 2.37. The van der Waals surface area contributed by atoms with Crippen LogP contribution in [0.5, 0.6) is 5.75 Å². The molecule has 156 valence electrons. The van der Waals surface area contributed by atoms with Crippen LogP contribution in [0.25, 0.3) is 11.3 Å². The van der Waals surface area contributed by atoms with Crippen LogP contribution in [-0.4, -0.2) is 39.5 Å². The molecule has 2 fully saturated rings. The number of amides is 1. The second kappa shape index (κ2) is 7.72. The van der Waals surface area contributed by atoms with E-state index in [1.165, 1.54) is 35.5 Å². The van der Waals surface area contributed by atoms with Crippen LogP contribution >= 0.6 is 0 Å². The molecule has 1 aliphatic heterocycles. The van der Waals surface area contributed by atoms with Crippen molar-refractivity contribution in [2.75, 3.05) is 6.54 Å². The molecule has 8 heteroatoms. The number of hydrogen-bond donors (Lipinski definition) is 0. The zero-order valence-electron chi connectivity index (χ0n) is 16.3. The molecule has 2 unspecified atom stereocenters. The van der Waals surface area contributed by atoms with Crippen LogP contribution < -0.4 is 4.74 Å². The summed E-state index contributed by atoms with van der Waals surface area (Å²) >= 11 is 0. The predicted octanol–water partition coefficient (Wildman–Crippen LogP) is 4.78. The van der Waals surface area contributed by atoms with Gasteiger partial charge in [-0.05, 0) is 43.7 Å². The van der Waals surface area contributed by atoms with Gasteiger partial charge in [0, 0.05) is 25.2 Å². The number of alkyl halides is 3. The van der Waals surface area contributed by atoms with E-state index >= 15 is 0 Å². The molecule has 1 aromatic carbocycles. The second-order valence-electron chi connectivity index (χ2n) is 7.86. The molecule has 1 saturated carbocycles. The van der Waals surface area contributed by atoms with Gasteiger partial charge in [0.05, 0.1) is 17.5 Å². The Balaban J connectivity index is 1.66. The van der Waals surface area contributed by atoms with Crippen LogP contribution in [0.15, 0.2) is 30.5 Å². The summed E-state index contributed by atoms with van der Waals surface area (Å²) in [5.74, 6) is 0.136. The molecule has 5 nitrogen and oxygen atoms in total. The predicted molar refractivity (Wildman–Crippen MR) is 101 cm³/mol. The zero-order valence-corrected chi connectivity index (χ0v) is 16.3. The highest BCUT2D eigenvalue weighted by Gasteiger charge is 2.37. The van der Waals surface area contributed by atoms with Crippen LogP contribution in [0.4, 0.5) is 13.2 Å². The Morgan fingerprint density at radius 1 is 1.17 bits per heavy atom. The quantitative estimate of drug-likeness (QED) is 0.736. The minimum atomic E-state index is -4.77. The Morgan fingerprint density at radius 2 is 1.93 bits per heavy atom. The Labute approximate surface area is 167 Å². The molecule has 1 amide bonds. The van der Waals surface area contributed by atoms with Gasteiger partial charge in [0.1, 0.15) is 5.75 Å². The summed E-state index contributed by atoms with van der Waals surface area (Å²) in [6, 6.07) is 5.93. The average molecular weight is 407 g/mol. The van der Waals surface area contributed by atoms with Crippen LogP contribution in [-0.2, 0) is 7.05 Å². The molecule has 1 aromatic heterocycles. The molecule has 29 heavy (non-hydrogen) atoms. The number of ether oxygens (including phenoxy) is 1. The highest BCUT2D eigenvalue weighted by molar-refractivity contribution is 6.00. The molecule has 1 aliphatic carbocycles. The lowest BCUT2D eigenvalue weighted by Crippen LogP contribution is -2.49. The zero-order chi connectivity index (χ0) is 20.6. The van der Waals surface area contributed by atoms with Crippen molar-refractivity contribution in [1.82, 2.24) is 14.7 Å². The number of halogens is 3. The third kappa shape index (κ3) is 4.11. The van der Waals surface area contributed by atoms with Gasteiger partial charge in [-0.25, -0.2) is 0 Å². The number of aromatic nitrogens is 2. The topological polar surface area (TPSA) is 47.4 Å². The summed E-state index contributed by atoms with van der Waals surface area (Å²) in [4.78, 5) is 15.4. The van der Waals surface area contributed by atoms with E-state index in [2.05, 4.69) is 9.84 Å². The Kier molecular flexibility index (Phi) is 5.27. The van der Waals surface area contributed by atoms with Crippen LogP contribution in [0, 0.1) is 5.92 Å². The summed E-state index contributed by atoms with van der Waals surface area (Å²) < 4.78 is 43.4. The molecule has 2 aromatic rings. The maximum Gasteiger partial charge on any atom is 0.573 e. The molecule has 4 rings (SSSR count). The van der Waals surface area contributed by atoms with Crippen LogP contribution in [0.2, 0.25) is 0 Å². The number of carbonyl (C=O) groups excluding carboxylic acids is 1. The van der Waals surface area contributed by atoms with Gasteiger partial charge < -0.3 is 9.64 Å². The van der Waals surface area contributed by atoms with E-state index in [1.807, 2.05) is 4.90 Å². The number of piperidine rings is 1. The van der Waals surface area contributed by atoms with E-state index < -0.39 is 6.36 Å². The Bertz CT molecular complexity index is 892. The summed E-state index contributed by atoms with van der Waals surface area (Å²) in [6.07, 6.45) is 3.40. The molecular weight excluding hydrogens is 383 g/mol. The fourth-order valence-electron chi connectivity index (χ4n) is 4.81. The maximum absolute atomic E-state index is 13.4. The fraction of sp³-hybridized carbons (Fsp3) is 0.524. The first-order valence-corrected chi connectivity index (χ1v) is 10.0. The lowest BCUT2D eigenvalue weighted by atomic mass is 9.78. The number of aryl methyl sites for hydroxylation is 1. The van der Waals surface area contributed by atoms with E-state index in [4.69, 9.17) is 0 Å². The van der Waals surface area contributed by atoms with Crippen molar-refractivity contribution < 1.29 is 22.7 Å². The summed E-state index contributed by atoms with van der Waals surface area (Å²) in [7, 11) is 1.68. The normalized spacial score (nSPS) is 22.3. The first-order chi connectivity index (χ1) is 13.8. The minimum absolute atomic E-state index is 0.0909. The highest BCUT2D eigenvalue weighted by atomic mass is 19.4. The van der Waals surface area contributed by atoms with Gasteiger partial charge in [-0.15, -0.1) is 13.2 Å². The molecule has 0 bridgehead atoms. The smallest absolute Gasteiger partial charge is 0.406 e. The van der Waals surface area contributed by atoms with E-state index in [9.17, 15) is 18.0 Å². The van der Waals surface area contributed by atoms with Gasteiger partial charge in [0.15, 0.2) is 0 Å². The number of rotatable bonds is 3. The monoisotopic (exact) mass is 407 g/mol. The molecule has 0 radical (unpaired) electrons. The van der Waals surface area contributed by atoms with Crippen molar-refractivity contribution >= 4 is 5.91 Å². The fourth-order valence-corrected chi connectivity index (χ4v) is 4.81. The summed E-state index contributed by atoms with van der Waals surface area (Å²) in [6.45, 7) is 0.714. The summed E-state index contributed by atoms with van der Waals surface area (Å²) in [5, 5.41) is 4.22. The molecule has 0 spiro atoms. The molecule has 0 N–H and O–H groups in total. The van der Waals surface area contributed by atoms with E-state index in [0.29, 0.717) is 29.3 Å².